The minimum atomic E-state index is -5.01. The topological polar surface area (TPSA) is 78.7 Å². The molecular formula is C9H8F3NO5. The molecule has 0 amide bonds. The molecule has 0 saturated heterocycles. The molecule has 0 aromatic rings. The smallest absolute Gasteiger partial charge is 0.466 e. The van der Waals surface area contributed by atoms with Crippen molar-refractivity contribution in [3.05, 3.63) is 33.2 Å². The minimum Gasteiger partial charge on any atom is -0.466 e. The molecule has 1 aliphatic carbocycles. The number of allylic oxidation sites excluding steroid dienone is 2. The van der Waals surface area contributed by atoms with Crippen molar-refractivity contribution >= 4 is 5.97 Å². The molecule has 6 nitrogen and oxygen atoms in total. The monoisotopic (exact) mass is 267 g/mol. The number of methoxy groups -OCH3 is 1. The van der Waals surface area contributed by atoms with Crippen LogP contribution in [0.3, 0.4) is 0 Å². The molecule has 0 atom stereocenters. The van der Waals surface area contributed by atoms with Gasteiger partial charge in [0.25, 0.3) is 0 Å². The van der Waals surface area contributed by atoms with E-state index in [1.807, 2.05) is 0 Å². The highest BCUT2D eigenvalue weighted by Gasteiger charge is 2.37. The molecule has 0 bridgehead atoms. The van der Waals surface area contributed by atoms with Gasteiger partial charge in [-0.1, -0.05) is 0 Å². The molecule has 0 aliphatic heterocycles. The third-order valence-electron chi connectivity index (χ3n) is 2.10. The SMILES string of the molecule is COC(=O)C1=CC([N+](=O)[O-])=C(OC(F)(F)F)CC1. The Balaban J connectivity index is 3.09. The van der Waals surface area contributed by atoms with Crippen LogP contribution < -0.4 is 0 Å². The Hall–Kier alpha value is -2.06. The van der Waals surface area contributed by atoms with E-state index in [-0.39, 0.29) is 12.0 Å². The molecule has 18 heavy (non-hydrogen) atoms. The van der Waals surface area contributed by atoms with Crippen molar-refractivity contribution in [3.63, 3.8) is 0 Å². The van der Waals surface area contributed by atoms with Gasteiger partial charge in [-0.2, -0.15) is 0 Å². The summed E-state index contributed by atoms with van der Waals surface area (Å²) in [5, 5.41) is 10.6. The van der Waals surface area contributed by atoms with Crippen molar-refractivity contribution in [2.75, 3.05) is 7.11 Å². The molecule has 0 heterocycles. The van der Waals surface area contributed by atoms with E-state index in [4.69, 9.17) is 0 Å². The maximum Gasteiger partial charge on any atom is 0.573 e. The van der Waals surface area contributed by atoms with Gasteiger partial charge in [-0.3, -0.25) is 10.1 Å². The second-order valence-electron chi connectivity index (χ2n) is 3.27. The van der Waals surface area contributed by atoms with Crippen molar-refractivity contribution in [1.82, 2.24) is 0 Å². The molecule has 9 heteroatoms. The first-order valence-electron chi connectivity index (χ1n) is 4.66. The average Bonchev–Trinajstić information content (AvgIpc) is 2.26. The number of hydrogen-bond donors (Lipinski definition) is 0. The van der Waals surface area contributed by atoms with Crippen LogP contribution in [0.1, 0.15) is 12.8 Å². The summed E-state index contributed by atoms with van der Waals surface area (Å²) in [4.78, 5) is 20.7. The van der Waals surface area contributed by atoms with Crippen LogP contribution in [0, 0.1) is 10.1 Å². The number of carbonyl (C=O) groups is 1. The molecule has 0 radical (unpaired) electrons. The Morgan fingerprint density at radius 2 is 2.06 bits per heavy atom. The zero-order chi connectivity index (χ0) is 13.9. The summed E-state index contributed by atoms with van der Waals surface area (Å²) in [5.41, 5.74) is -0.960. The van der Waals surface area contributed by atoms with Crippen molar-refractivity contribution in [1.29, 1.82) is 0 Å². The zero-order valence-corrected chi connectivity index (χ0v) is 9.11. The molecule has 0 saturated carbocycles. The van der Waals surface area contributed by atoms with Gasteiger partial charge in [0.1, 0.15) is 0 Å². The normalized spacial score (nSPS) is 16.1. The fourth-order valence-electron chi connectivity index (χ4n) is 1.38. The van der Waals surface area contributed by atoms with Crippen LogP contribution in [0.25, 0.3) is 0 Å². The second kappa shape index (κ2) is 5.07. The van der Waals surface area contributed by atoms with E-state index < -0.39 is 35.1 Å². The molecular weight excluding hydrogens is 259 g/mol. The summed E-state index contributed by atoms with van der Waals surface area (Å²) in [7, 11) is 1.07. The van der Waals surface area contributed by atoms with Crippen molar-refractivity contribution in [2.24, 2.45) is 0 Å². The first kappa shape index (κ1) is 14.0. The van der Waals surface area contributed by atoms with Crippen LogP contribution in [-0.4, -0.2) is 24.4 Å². The highest BCUT2D eigenvalue weighted by atomic mass is 19.4. The molecule has 0 aromatic heterocycles. The Labute approximate surface area is 98.8 Å². The predicted octanol–water partition coefficient (Wildman–Crippen LogP) is 1.90. The summed E-state index contributed by atoms with van der Waals surface area (Å²) >= 11 is 0. The number of halogens is 3. The van der Waals surface area contributed by atoms with Crippen LogP contribution in [-0.2, 0) is 14.3 Å². The number of nitrogens with zero attached hydrogens (tertiary/aromatic N) is 1. The van der Waals surface area contributed by atoms with E-state index in [0.29, 0.717) is 0 Å². The van der Waals surface area contributed by atoms with Gasteiger partial charge < -0.3 is 9.47 Å². The average molecular weight is 267 g/mol. The lowest BCUT2D eigenvalue weighted by Crippen LogP contribution is -2.19. The number of carbonyl (C=O) groups excluding carboxylic acids is 1. The van der Waals surface area contributed by atoms with Gasteiger partial charge in [0.05, 0.1) is 12.0 Å². The van der Waals surface area contributed by atoms with Gasteiger partial charge in [-0.25, -0.2) is 4.79 Å². The van der Waals surface area contributed by atoms with Crippen LogP contribution >= 0.6 is 0 Å². The lowest BCUT2D eigenvalue weighted by molar-refractivity contribution is -0.426. The van der Waals surface area contributed by atoms with Gasteiger partial charge in [-0.15, -0.1) is 13.2 Å². The Morgan fingerprint density at radius 1 is 1.44 bits per heavy atom. The minimum absolute atomic E-state index is 0.0706. The van der Waals surface area contributed by atoms with E-state index in [9.17, 15) is 28.1 Å². The lowest BCUT2D eigenvalue weighted by Gasteiger charge is -2.16. The summed E-state index contributed by atoms with van der Waals surface area (Å²) in [6.45, 7) is 0. The summed E-state index contributed by atoms with van der Waals surface area (Å²) in [6.07, 6.45) is -4.78. The summed E-state index contributed by atoms with van der Waals surface area (Å²) in [6, 6.07) is 0. The summed E-state index contributed by atoms with van der Waals surface area (Å²) in [5.74, 6) is -1.64. The fraction of sp³-hybridized carbons (Fsp3) is 0.444. The first-order chi connectivity index (χ1) is 8.24. The molecule has 1 aliphatic rings. The predicted molar refractivity (Wildman–Crippen MR) is 50.5 cm³/mol. The third-order valence-corrected chi connectivity index (χ3v) is 2.10. The van der Waals surface area contributed by atoms with Gasteiger partial charge in [0.2, 0.25) is 0 Å². The van der Waals surface area contributed by atoms with Gasteiger partial charge >= 0.3 is 18.0 Å². The summed E-state index contributed by atoms with van der Waals surface area (Å²) < 4.78 is 43.9. The first-order valence-corrected chi connectivity index (χ1v) is 4.66. The van der Waals surface area contributed by atoms with E-state index in [2.05, 4.69) is 9.47 Å². The van der Waals surface area contributed by atoms with E-state index >= 15 is 0 Å². The highest BCUT2D eigenvalue weighted by molar-refractivity contribution is 5.89. The number of nitro groups is 1. The molecule has 1 rings (SSSR count). The Kier molecular flexibility index (Phi) is 3.94. The highest BCUT2D eigenvalue weighted by Crippen LogP contribution is 2.31. The molecule has 0 spiro atoms. The zero-order valence-electron chi connectivity index (χ0n) is 9.11. The number of rotatable bonds is 3. The molecule has 0 unspecified atom stereocenters. The van der Waals surface area contributed by atoms with Gasteiger partial charge in [0.15, 0.2) is 5.76 Å². The maximum atomic E-state index is 12.0. The Morgan fingerprint density at radius 3 is 2.50 bits per heavy atom. The van der Waals surface area contributed by atoms with Crippen molar-refractivity contribution in [3.8, 4) is 0 Å². The quantitative estimate of drug-likeness (QED) is 0.443. The van der Waals surface area contributed by atoms with Crippen molar-refractivity contribution < 1.29 is 32.4 Å². The van der Waals surface area contributed by atoms with Gasteiger partial charge in [0, 0.05) is 18.1 Å². The van der Waals surface area contributed by atoms with Crippen LogP contribution in [0.5, 0.6) is 0 Å². The number of hydrogen-bond acceptors (Lipinski definition) is 5. The molecule has 0 fully saturated rings. The molecule has 0 aromatic carbocycles. The van der Waals surface area contributed by atoms with E-state index in [1.54, 1.807) is 0 Å². The largest absolute Gasteiger partial charge is 0.573 e. The number of alkyl halides is 3. The van der Waals surface area contributed by atoms with Crippen LogP contribution in [0.4, 0.5) is 13.2 Å². The lowest BCUT2D eigenvalue weighted by atomic mass is 10.0. The maximum absolute atomic E-state index is 12.0. The molecule has 0 N–H and O–H groups in total. The fourth-order valence-corrected chi connectivity index (χ4v) is 1.38. The van der Waals surface area contributed by atoms with Crippen LogP contribution in [0.15, 0.2) is 23.1 Å². The standard InChI is InChI=1S/C9H8F3NO5/c1-17-8(14)5-2-3-7(18-9(10,11)12)6(4-5)13(15)16/h4H,2-3H2,1H3. The number of esters is 1. The van der Waals surface area contributed by atoms with E-state index in [1.165, 1.54) is 0 Å². The van der Waals surface area contributed by atoms with Crippen molar-refractivity contribution in [2.45, 2.75) is 19.2 Å². The van der Waals surface area contributed by atoms with Gasteiger partial charge in [-0.05, 0) is 6.42 Å². The third kappa shape index (κ3) is 3.47. The number of ether oxygens (including phenoxy) is 2. The molecule has 100 valence electrons. The Bertz CT molecular complexity index is 438. The van der Waals surface area contributed by atoms with E-state index in [0.717, 1.165) is 13.2 Å². The van der Waals surface area contributed by atoms with Crippen LogP contribution in [0.2, 0.25) is 0 Å². The second-order valence-corrected chi connectivity index (χ2v) is 3.27.